The SMILES string of the molecule is COc1cc2c(cc1OC)[C@@H](CC(=O)O)CC(=O)N2. The van der Waals surface area contributed by atoms with E-state index in [1.165, 1.54) is 14.2 Å². The molecule has 1 aromatic carbocycles. The van der Waals surface area contributed by atoms with Crippen molar-refractivity contribution in [2.24, 2.45) is 0 Å². The standard InChI is InChI=1S/C13H15NO5/c1-18-10-5-8-7(4-13(16)17)3-12(15)14-9(8)6-11(10)19-2/h5-7H,3-4H2,1-2H3,(H,14,15)(H,16,17)/t7-/m1/s1. The smallest absolute Gasteiger partial charge is 0.303 e. The number of carbonyl (C=O) groups is 2. The average Bonchev–Trinajstić information content (AvgIpc) is 2.36. The number of hydrogen-bond donors (Lipinski definition) is 2. The molecule has 0 saturated heterocycles. The molecule has 0 radical (unpaired) electrons. The van der Waals surface area contributed by atoms with E-state index in [2.05, 4.69) is 5.32 Å². The molecule has 0 unspecified atom stereocenters. The van der Waals surface area contributed by atoms with Gasteiger partial charge in [0.15, 0.2) is 11.5 Å². The van der Waals surface area contributed by atoms with Crippen LogP contribution in [0.2, 0.25) is 0 Å². The summed E-state index contributed by atoms with van der Waals surface area (Å²) in [6, 6.07) is 3.38. The minimum absolute atomic E-state index is 0.0874. The van der Waals surface area contributed by atoms with Gasteiger partial charge in [0.05, 0.1) is 20.6 Å². The van der Waals surface area contributed by atoms with Crippen LogP contribution in [0.25, 0.3) is 0 Å². The Labute approximate surface area is 110 Å². The highest BCUT2D eigenvalue weighted by Crippen LogP contribution is 2.41. The minimum Gasteiger partial charge on any atom is -0.493 e. The highest BCUT2D eigenvalue weighted by molar-refractivity contribution is 5.95. The van der Waals surface area contributed by atoms with Crippen LogP contribution in [0.4, 0.5) is 5.69 Å². The Kier molecular flexibility index (Phi) is 3.59. The maximum Gasteiger partial charge on any atom is 0.303 e. The molecule has 1 atom stereocenters. The lowest BCUT2D eigenvalue weighted by Crippen LogP contribution is -2.24. The fourth-order valence-corrected chi connectivity index (χ4v) is 2.27. The number of hydrogen-bond acceptors (Lipinski definition) is 4. The largest absolute Gasteiger partial charge is 0.493 e. The zero-order chi connectivity index (χ0) is 14.0. The van der Waals surface area contributed by atoms with E-state index >= 15 is 0 Å². The molecule has 1 amide bonds. The molecular weight excluding hydrogens is 250 g/mol. The number of aliphatic carboxylic acids is 1. The quantitative estimate of drug-likeness (QED) is 0.863. The zero-order valence-electron chi connectivity index (χ0n) is 10.7. The molecular formula is C13H15NO5. The first kappa shape index (κ1) is 13.2. The molecule has 0 saturated carbocycles. The third-order valence-electron chi connectivity index (χ3n) is 3.12. The van der Waals surface area contributed by atoms with Crippen LogP contribution in [-0.4, -0.2) is 31.2 Å². The van der Waals surface area contributed by atoms with Crippen molar-refractivity contribution in [1.29, 1.82) is 0 Å². The third kappa shape index (κ3) is 2.62. The van der Waals surface area contributed by atoms with Crippen LogP contribution in [0, 0.1) is 0 Å². The molecule has 1 aliphatic rings. The maximum atomic E-state index is 11.6. The van der Waals surface area contributed by atoms with Gasteiger partial charge in [0.1, 0.15) is 0 Å². The van der Waals surface area contributed by atoms with Gasteiger partial charge < -0.3 is 19.9 Å². The van der Waals surface area contributed by atoms with Crippen molar-refractivity contribution in [2.45, 2.75) is 18.8 Å². The van der Waals surface area contributed by atoms with Crippen LogP contribution in [-0.2, 0) is 9.59 Å². The van der Waals surface area contributed by atoms with Gasteiger partial charge in [-0.3, -0.25) is 9.59 Å². The summed E-state index contributed by atoms with van der Waals surface area (Å²) < 4.78 is 10.4. The maximum absolute atomic E-state index is 11.6. The van der Waals surface area contributed by atoms with Gasteiger partial charge in [-0.2, -0.15) is 0 Å². The molecule has 0 aliphatic carbocycles. The van der Waals surface area contributed by atoms with E-state index in [0.717, 1.165) is 5.56 Å². The van der Waals surface area contributed by atoms with E-state index < -0.39 is 5.97 Å². The molecule has 6 heteroatoms. The van der Waals surface area contributed by atoms with Gasteiger partial charge in [-0.15, -0.1) is 0 Å². The summed E-state index contributed by atoms with van der Waals surface area (Å²) in [6.07, 6.45) is 0.0741. The number of benzene rings is 1. The number of ether oxygens (including phenoxy) is 2. The zero-order valence-corrected chi connectivity index (χ0v) is 10.7. The lowest BCUT2D eigenvalue weighted by atomic mass is 9.87. The van der Waals surface area contributed by atoms with Gasteiger partial charge in [0.25, 0.3) is 0 Å². The molecule has 0 bridgehead atoms. The van der Waals surface area contributed by atoms with E-state index in [1.807, 2.05) is 0 Å². The van der Waals surface area contributed by atoms with Crippen molar-refractivity contribution < 1.29 is 24.2 Å². The van der Waals surface area contributed by atoms with Crippen molar-refractivity contribution in [3.05, 3.63) is 17.7 Å². The van der Waals surface area contributed by atoms with E-state index in [-0.39, 0.29) is 24.7 Å². The molecule has 102 valence electrons. The van der Waals surface area contributed by atoms with Gasteiger partial charge in [0, 0.05) is 24.1 Å². The van der Waals surface area contributed by atoms with Crippen LogP contribution in [0.1, 0.15) is 24.3 Å². The molecule has 1 aromatic rings. The molecule has 0 fully saturated rings. The van der Waals surface area contributed by atoms with Crippen molar-refractivity contribution >= 4 is 17.6 Å². The summed E-state index contributed by atoms with van der Waals surface area (Å²) in [5.41, 5.74) is 1.35. The number of amides is 1. The Balaban J connectivity index is 2.47. The van der Waals surface area contributed by atoms with E-state index in [9.17, 15) is 9.59 Å². The molecule has 2 rings (SSSR count). The van der Waals surface area contributed by atoms with E-state index in [0.29, 0.717) is 17.2 Å². The molecule has 2 N–H and O–H groups in total. The Morgan fingerprint density at radius 1 is 1.37 bits per heavy atom. The first-order chi connectivity index (χ1) is 9.05. The second-order valence-corrected chi connectivity index (χ2v) is 4.34. The number of carbonyl (C=O) groups excluding carboxylic acids is 1. The van der Waals surface area contributed by atoms with E-state index in [4.69, 9.17) is 14.6 Å². The number of carboxylic acid groups (broad SMARTS) is 1. The number of carboxylic acids is 1. The summed E-state index contributed by atoms with van der Waals surface area (Å²) in [5.74, 6) is -0.447. The van der Waals surface area contributed by atoms with Crippen molar-refractivity contribution in [3.63, 3.8) is 0 Å². The Morgan fingerprint density at radius 2 is 2.00 bits per heavy atom. The number of fused-ring (bicyclic) bond motifs is 1. The third-order valence-corrected chi connectivity index (χ3v) is 3.12. The second-order valence-electron chi connectivity index (χ2n) is 4.34. The topological polar surface area (TPSA) is 84.9 Å². The number of nitrogens with one attached hydrogen (secondary N) is 1. The Morgan fingerprint density at radius 3 is 2.58 bits per heavy atom. The van der Waals surface area contributed by atoms with Gasteiger partial charge in [-0.1, -0.05) is 0 Å². The molecule has 0 spiro atoms. The van der Waals surface area contributed by atoms with Crippen LogP contribution in [0.3, 0.4) is 0 Å². The summed E-state index contributed by atoms with van der Waals surface area (Å²) in [6.45, 7) is 0. The van der Waals surface area contributed by atoms with Crippen LogP contribution in [0.15, 0.2) is 12.1 Å². The minimum atomic E-state index is -0.930. The average molecular weight is 265 g/mol. The summed E-state index contributed by atoms with van der Waals surface area (Å²) in [4.78, 5) is 22.5. The van der Waals surface area contributed by atoms with E-state index in [1.54, 1.807) is 12.1 Å². The second kappa shape index (κ2) is 5.17. The summed E-state index contributed by atoms with van der Waals surface area (Å²) in [5, 5.41) is 11.6. The predicted molar refractivity (Wildman–Crippen MR) is 67.8 cm³/mol. The van der Waals surface area contributed by atoms with Crippen molar-refractivity contribution in [1.82, 2.24) is 0 Å². The lowest BCUT2D eigenvalue weighted by Gasteiger charge is -2.25. The lowest BCUT2D eigenvalue weighted by molar-refractivity contribution is -0.137. The molecule has 19 heavy (non-hydrogen) atoms. The first-order valence-corrected chi connectivity index (χ1v) is 5.82. The van der Waals surface area contributed by atoms with Crippen LogP contribution in [0.5, 0.6) is 11.5 Å². The van der Waals surface area contributed by atoms with Crippen molar-refractivity contribution in [3.8, 4) is 11.5 Å². The van der Waals surface area contributed by atoms with Gasteiger partial charge in [0.2, 0.25) is 5.91 Å². The fourth-order valence-electron chi connectivity index (χ4n) is 2.27. The highest BCUT2D eigenvalue weighted by atomic mass is 16.5. The van der Waals surface area contributed by atoms with Gasteiger partial charge >= 0.3 is 5.97 Å². The van der Waals surface area contributed by atoms with Crippen LogP contribution >= 0.6 is 0 Å². The Bertz CT molecular complexity index is 526. The molecule has 1 aliphatic heterocycles. The normalized spacial score (nSPS) is 17.4. The number of anilines is 1. The fraction of sp³-hybridized carbons (Fsp3) is 0.385. The van der Waals surface area contributed by atoms with Gasteiger partial charge in [-0.25, -0.2) is 0 Å². The number of rotatable bonds is 4. The first-order valence-electron chi connectivity index (χ1n) is 5.82. The molecule has 0 aromatic heterocycles. The highest BCUT2D eigenvalue weighted by Gasteiger charge is 2.28. The monoisotopic (exact) mass is 265 g/mol. The van der Waals surface area contributed by atoms with Crippen LogP contribution < -0.4 is 14.8 Å². The molecule has 1 heterocycles. The van der Waals surface area contributed by atoms with Gasteiger partial charge in [-0.05, 0) is 11.6 Å². The predicted octanol–water partition coefficient (Wildman–Crippen LogP) is 1.60. The summed E-state index contributed by atoms with van der Waals surface area (Å²) >= 11 is 0. The molecule has 6 nitrogen and oxygen atoms in total. The number of methoxy groups -OCH3 is 2. The summed E-state index contributed by atoms with van der Waals surface area (Å²) in [7, 11) is 3.02. The Hall–Kier alpha value is -2.24. The van der Waals surface area contributed by atoms with Crippen molar-refractivity contribution in [2.75, 3.05) is 19.5 Å².